The van der Waals surface area contributed by atoms with E-state index >= 15 is 0 Å². The van der Waals surface area contributed by atoms with Gasteiger partial charge in [0.1, 0.15) is 11.5 Å². The van der Waals surface area contributed by atoms with Gasteiger partial charge in [-0.3, -0.25) is 4.79 Å². The van der Waals surface area contributed by atoms with Gasteiger partial charge in [0.2, 0.25) is 5.88 Å². The number of aromatic nitrogens is 1. The number of hydrogen-bond acceptors (Lipinski definition) is 4. The van der Waals surface area contributed by atoms with Gasteiger partial charge in [0, 0.05) is 17.0 Å². The summed E-state index contributed by atoms with van der Waals surface area (Å²) in [4.78, 5) is 16.0. The topological polar surface area (TPSA) is 48.4 Å². The molecule has 0 radical (unpaired) electrons. The largest absolute Gasteiger partial charge is 0.493 e. The third kappa shape index (κ3) is 4.50. The average molecular weight is 375 g/mol. The highest BCUT2D eigenvalue weighted by Gasteiger charge is 2.14. The van der Waals surface area contributed by atoms with Crippen molar-refractivity contribution in [1.29, 1.82) is 0 Å². The first-order valence-electron chi connectivity index (χ1n) is 10.00. The maximum Gasteiger partial charge on any atom is 0.219 e. The Morgan fingerprint density at radius 2 is 1.71 bits per heavy atom. The summed E-state index contributed by atoms with van der Waals surface area (Å²) >= 11 is 0. The lowest BCUT2D eigenvalue weighted by Gasteiger charge is -2.21. The highest BCUT2D eigenvalue weighted by atomic mass is 16.5. The number of carbonyl (C=O) groups excluding carboxylic acids is 1. The number of nitrogens with zero attached hydrogens (tertiary/aromatic N) is 1. The number of benzene rings is 2. The lowest BCUT2D eigenvalue weighted by molar-refractivity contribution is 0.101. The number of fused-ring (bicyclic) bond motifs is 1. The summed E-state index contributed by atoms with van der Waals surface area (Å²) in [5.74, 6) is 2.86. The van der Waals surface area contributed by atoms with E-state index < -0.39 is 0 Å². The minimum absolute atomic E-state index is 0.0491. The minimum atomic E-state index is 0.0491. The first kappa shape index (κ1) is 18.5. The Morgan fingerprint density at radius 3 is 2.46 bits per heavy atom. The fourth-order valence-corrected chi connectivity index (χ4v) is 3.68. The van der Waals surface area contributed by atoms with Gasteiger partial charge in [-0.15, -0.1) is 0 Å². The van der Waals surface area contributed by atoms with Gasteiger partial charge in [-0.05, 0) is 74.2 Å². The van der Waals surface area contributed by atoms with Crippen molar-refractivity contribution in [2.24, 2.45) is 5.92 Å². The predicted octanol–water partition coefficient (Wildman–Crippen LogP) is 6.19. The van der Waals surface area contributed by atoms with Crippen LogP contribution in [0.3, 0.4) is 0 Å². The molecule has 0 N–H and O–H groups in total. The molecule has 1 aromatic heterocycles. The number of Topliss-reactive ketones (excluding diaryl/α,β-unsaturated/α-hetero) is 1. The Morgan fingerprint density at radius 1 is 0.964 bits per heavy atom. The molecule has 0 spiro atoms. The maximum absolute atomic E-state index is 11.5. The van der Waals surface area contributed by atoms with Crippen LogP contribution in [0.4, 0.5) is 0 Å². The summed E-state index contributed by atoms with van der Waals surface area (Å²) in [6.45, 7) is 2.36. The van der Waals surface area contributed by atoms with Crippen molar-refractivity contribution in [2.75, 3.05) is 6.61 Å². The third-order valence-corrected chi connectivity index (χ3v) is 5.33. The second-order valence-electron chi connectivity index (χ2n) is 7.50. The van der Waals surface area contributed by atoms with Crippen molar-refractivity contribution in [2.45, 2.75) is 39.0 Å². The van der Waals surface area contributed by atoms with Gasteiger partial charge in [-0.2, -0.15) is 0 Å². The Balaban J connectivity index is 1.39. The van der Waals surface area contributed by atoms with Crippen molar-refractivity contribution in [1.82, 2.24) is 4.98 Å². The molecule has 28 heavy (non-hydrogen) atoms. The SMILES string of the molecule is CC(=O)c1ccc2nc(Oc3ccc(OCC4CCCCC4)cc3)ccc2c1. The standard InChI is InChI=1S/C24H25NO3/c1-17(26)19-7-13-23-20(15-19)8-14-24(25-23)28-22-11-9-21(10-12-22)27-16-18-5-3-2-4-6-18/h7-15,18H,2-6,16H2,1H3. The van der Waals surface area contributed by atoms with Crippen molar-refractivity contribution in [3.05, 3.63) is 60.2 Å². The van der Waals surface area contributed by atoms with E-state index in [-0.39, 0.29) is 5.78 Å². The smallest absolute Gasteiger partial charge is 0.219 e. The average Bonchev–Trinajstić information content (AvgIpc) is 2.73. The summed E-state index contributed by atoms with van der Waals surface area (Å²) < 4.78 is 11.8. The van der Waals surface area contributed by atoms with Gasteiger partial charge in [-0.1, -0.05) is 19.3 Å². The fraction of sp³-hybridized carbons (Fsp3) is 0.333. The quantitative estimate of drug-likeness (QED) is 0.482. The summed E-state index contributed by atoms with van der Waals surface area (Å²) in [7, 11) is 0. The van der Waals surface area contributed by atoms with Crippen molar-refractivity contribution < 1.29 is 14.3 Å². The number of ketones is 1. The molecule has 144 valence electrons. The highest BCUT2D eigenvalue weighted by Crippen LogP contribution is 2.27. The molecular weight excluding hydrogens is 350 g/mol. The molecular formula is C24H25NO3. The molecule has 2 aromatic carbocycles. The van der Waals surface area contributed by atoms with Gasteiger partial charge < -0.3 is 9.47 Å². The molecule has 0 atom stereocenters. The van der Waals surface area contributed by atoms with E-state index in [0.717, 1.165) is 29.0 Å². The first-order valence-corrected chi connectivity index (χ1v) is 10.00. The Hall–Kier alpha value is -2.88. The zero-order valence-corrected chi connectivity index (χ0v) is 16.2. The van der Waals surface area contributed by atoms with E-state index in [4.69, 9.17) is 9.47 Å². The van der Waals surface area contributed by atoms with E-state index in [0.29, 0.717) is 17.4 Å². The van der Waals surface area contributed by atoms with Crippen LogP contribution in [0.15, 0.2) is 54.6 Å². The summed E-state index contributed by atoms with van der Waals surface area (Å²) in [5.41, 5.74) is 1.49. The molecule has 4 heteroatoms. The van der Waals surface area contributed by atoms with Gasteiger partial charge in [-0.25, -0.2) is 4.98 Å². The second kappa shape index (κ2) is 8.42. The molecule has 1 heterocycles. The van der Waals surface area contributed by atoms with Crippen LogP contribution in [0, 0.1) is 5.92 Å². The second-order valence-corrected chi connectivity index (χ2v) is 7.50. The highest BCUT2D eigenvalue weighted by molar-refractivity contribution is 5.97. The number of hydrogen-bond donors (Lipinski definition) is 0. The third-order valence-electron chi connectivity index (χ3n) is 5.33. The number of pyridine rings is 1. The molecule has 1 aliphatic rings. The molecule has 0 aliphatic heterocycles. The molecule has 0 unspecified atom stereocenters. The van der Waals surface area contributed by atoms with E-state index in [1.54, 1.807) is 13.0 Å². The van der Waals surface area contributed by atoms with Gasteiger partial charge >= 0.3 is 0 Å². The predicted molar refractivity (Wildman–Crippen MR) is 110 cm³/mol. The number of ether oxygens (including phenoxy) is 2. The molecule has 4 rings (SSSR count). The van der Waals surface area contributed by atoms with Crippen LogP contribution in [0.1, 0.15) is 49.4 Å². The number of carbonyl (C=O) groups is 1. The van der Waals surface area contributed by atoms with Crippen molar-refractivity contribution in [3.63, 3.8) is 0 Å². The monoisotopic (exact) mass is 375 g/mol. The summed E-state index contributed by atoms with van der Waals surface area (Å²) in [6, 6.07) is 16.9. The molecule has 0 bridgehead atoms. The lowest BCUT2D eigenvalue weighted by atomic mass is 9.90. The Bertz CT molecular complexity index is 959. The van der Waals surface area contributed by atoms with Crippen LogP contribution < -0.4 is 9.47 Å². The molecule has 0 amide bonds. The first-order chi connectivity index (χ1) is 13.7. The van der Waals surface area contributed by atoms with Gasteiger partial charge in [0.25, 0.3) is 0 Å². The van der Waals surface area contributed by atoms with E-state index in [2.05, 4.69) is 4.98 Å². The van der Waals surface area contributed by atoms with E-state index in [1.807, 2.05) is 48.5 Å². The van der Waals surface area contributed by atoms with Crippen LogP contribution in [0.25, 0.3) is 10.9 Å². The normalized spacial score (nSPS) is 14.8. The van der Waals surface area contributed by atoms with Crippen LogP contribution in [-0.2, 0) is 0 Å². The van der Waals surface area contributed by atoms with Crippen LogP contribution in [-0.4, -0.2) is 17.4 Å². The van der Waals surface area contributed by atoms with Crippen LogP contribution >= 0.6 is 0 Å². The maximum atomic E-state index is 11.5. The Kier molecular flexibility index (Phi) is 5.56. The number of rotatable bonds is 6. The minimum Gasteiger partial charge on any atom is -0.493 e. The zero-order chi connectivity index (χ0) is 19.3. The molecule has 4 nitrogen and oxygen atoms in total. The molecule has 1 aliphatic carbocycles. The van der Waals surface area contributed by atoms with E-state index in [1.165, 1.54) is 32.1 Å². The van der Waals surface area contributed by atoms with Crippen molar-refractivity contribution >= 4 is 16.7 Å². The summed E-state index contributed by atoms with van der Waals surface area (Å²) in [5, 5.41) is 0.923. The van der Waals surface area contributed by atoms with Crippen molar-refractivity contribution in [3.8, 4) is 17.4 Å². The van der Waals surface area contributed by atoms with Crippen LogP contribution in [0.5, 0.6) is 17.4 Å². The Labute approximate surface area is 165 Å². The summed E-state index contributed by atoms with van der Waals surface area (Å²) in [6.07, 6.45) is 6.58. The van der Waals surface area contributed by atoms with Gasteiger partial charge in [0.15, 0.2) is 5.78 Å². The molecule has 0 saturated heterocycles. The molecule has 3 aromatic rings. The lowest BCUT2D eigenvalue weighted by Crippen LogP contribution is -2.15. The van der Waals surface area contributed by atoms with E-state index in [9.17, 15) is 4.79 Å². The molecule has 1 fully saturated rings. The molecule has 1 saturated carbocycles. The fourth-order valence-electron chi connectivity index (χ4n) is 3.68. The zero-order valence-electron chi connectivity index (χ0n) is 16.2. The van der Waals surface area contributed by atoms with Crippen LogP contribution in [0.2, 0.25) is 0 Å². The van der Waals surface area contributed by atoms with Gasteiger partial charge in [0.05, 0.1) is 12.1 Å².